The molecule has 16 heavy (non-hydrogen) atoms. The maximum absolute atomic E-state index is 11.9. The highest BCUT2D eigenvalue weighted by Crippen LogP contribution is 2.48. The Bertz CT molecular complexity index is 378. The first-order chi connectivity index (χ1) is 7.51. The molecule has 2 rings (SSSR count). The summed E-state index contributed by atoms with van der Waals surface area (Å²) in [6.45, 7) is 3.93. The highest BCUT2D eigenvalue weighted by Gasteiger charge is 2.66. The first kappa shape index (κ1) is 11.4. The number of ether oxygens (including phenoxy) is 2. The molecule has 1 aliphatic heterocycles. The van der Waals surface area contributed by atoms with E-state index < -0.39 is 17.8 Å². The molecule has 0 aromatic heterocycles. The van der Waals surface area contributed by atoms with Gasteiger partial charge in [0.15, 0.2) is 11.4 Å². The first-order valence-corrected chi connectivity index (χ1v) is 5.30. The topological polar surface area (TPSA) is 59.1 Å². The number of ketones is 1. The SMILES string of the molecule is COC1=CC(=O)C2(CC=C(C)C)OC2C1O. The lowest BCUT2D eigenvalue weighted by Crippen LogP contribution is -2.37. The van der Waals surface area contributed by atoms with Gasteiger partial charge in [-0.25, -0.2) is 0 Å². The number of aliphatic hydroxyl groups excluding tert-OH is 1. The predicted octanol–water partition coefficient (Wildman–Crippen LogP) is 0.954. The number of carbonyl (C=O) groups is 1. The minimum absolute atomic E-state index is 0.114. The summed E-state index contributed by atoms with van der Waals surface area (Å²) in [4.78, 5) is 11.9. The van der Waals surface area contributed by atoms with Crippen LogP contribution in [0.2, 0.25) is 0 Å². The predicted molar refractivity (Wildman–Crippen MR) is 57.8 cm³/mol. The van der Waals surface area contributed by atoms with E-state index in [0.717, 1.165) is 5.57 Å². The van der Waals surface area contributed by atoms with Crippen molar-refractivity contribution in [3.8, 4) is 0 Å². The second-order valence-electron chi connectivity index (χ2n) is 4.47. The molecule has 0 amide bonds. The summed E-state index contributed by atoms with van der Waals surface area (Å²) in [6, 6.07) is 0. The number of hydrogen-bond donors (Lipinski definition) is 1. The number of rotatable bonds is 3. The summed E-state index contributed by atoms with van der Waals surface area (Å²) in [6.07, 6.45) is 2.54. The van der Waals surface area contributed by atoms with Gasteiger partial charge in [-0.1, -0.05) is 11.6 Å². The molecule has 0 bridgehead atoms. The van der Waals surface area contributed by atoms with Gasteiger partial charge in [-0.2, -0.15) is 0 Å². The Morgan fingerprint density at radius 1 is 1.69 bits per heavy atom. The third-order valence-electron chi connectivity index (χ3n) is 3.06. The average Bonchev–Trinajstić information content (AvgIpc) is 2.97. The van der Waals surface area contributed by atoms with Crippen molar-refractivity contribution in [1.82, 2.24) is 0 Å². The quantitative estimate of drug-likeness (QED) is 0.573. The minimum Gasteiger partial charge on any atom is -0.498 e. The normalized spacial score (nSPS) is 36.2. The Labute approximate surface area is 94.5 Å². The molecular formula is C12H16O4. The van der Waals surface area contributed by atoms with Gasteiger partial charge in [0.25, 0.3) is 0 Å². The van der Waals surface area contributed by atoms with Crippen LogP contribution in [0, 0.1) is 0 Å². The zero-order chi connectivity index (χ0) is 11.9. The number of methoxy groups -OCH3 is 1. The van der Waals surface area contributed by atoms with Gasteiger partial charge in [-0.15, -0.1) is 0 Å². The van der Waals surface area contributed by atoms with E-state index >= 15 is 0 Å². The molecule has 2 aliphatic rings. The molecule has 1 heterocycles. The molecule has 1 saturated heterocycles. The molecule has 88 valence electrons. The number of fused-ring (bicyclic) bond motifs is 1. The summed E-state index contributed by atoms with van der Waals surface area (Å²) in [5.74, 6) is 0.178. The smallest absolute Gasteiger partial charge is 0.194 e. The van der Waals surface area contributed by atoms with Gasteiger partial charge in [0, 0.05) is 12.5 Å². The van der Waals surface area contributed by atoms with Crippen molar-refractivity contribution >= 4 is 5.78 Å². The number of aliphatic hydroxyl groups is 1. The maximum Gasteiger partial charge on any atom is 0.194 e. The van der Waals surface area contributed by atoms with Crippen molar-refractivity contribution in [3.05, 3.63) is 23.5 Å². The van der Waals surface area contributed by atoms with Crippen LogP contribution in [0.15, 0.2) is 23.5 Å². The fourth-order valence-corrected chi connectivity index (χ4v) is 2.00. The van der Waals surface area contributed by atoms with Crippen molar-refractivity contribution < 1.29 is 19.4 Å². The highest BCUT2D eigenvalue weighted by atomic mass is 16.6. The van der Waals surface area contributed by atoms with E-state index in [-0.39, 0.29) is 5.78 Å². The fraction of sp³-hybridized carbons (Fsp3) is 0.583. The van der Waals surface area contributed by atoms with Crippen molar-refractivity contribution in [3.63, 3.8) is 0 Å². The van der Waals surface area contributed by atoms with E-state index in [2.05, 4.69) is 0 Å². The van der Waals surface area contributed by atoms with E-state index in [9.17, 15) is 9.90 Å². The summed E-state index contributed by atoms with van der Waals surface area (Å²) in [5, 5.41) is 9.84. The van der Waals surface area contributed by atoms with Crippen molar-refractivity contribution in [2.75, 3.05) is 7.11 Å². The summed E-state index contributed by atoms with van der Waals surface area (Å²) >= 11 is 0. The van der Waals surface area contributed by atoms with Crippen LogP contribution in [0.5, 0.6) is 0 Å². The first-order valence-electron chi connectivity index (χ1n) is 5.30. The Kier molecular flexibility index (Phi) is 2.64. The Hall–Kier alpha value is -1.13. The second-order valence-corrected chi connectivity index (χ2v) is 4.47. The lowest BCUT2D eigenvalue weighted by atomic mass is 9.87. The van der Waals surface area contributed by atoms with Crippen LogP contribution < -0.4 is 0 Å². The minimum atomic E-state index is -0.835. The van der Waals surface area contributed by atoms with Crippen molar-refractivity contribution in [1.29, 1.82) is 0 Å². The molecule has 4 nitrogen and oxygen atoms in total. The van der Waals surface area contributed by atoms with Crippen LogP contribution in [-0.4, -0.2) is 35.8 Å². The summed E-state index contributed by atoms with van der Waals surface area (Å²) in [7, 11) is 1.44. The van der Waals surface area contributed by atoms with Crippen LogP contribution in [0.1, 0.15) is 20.3 Å². The third-order valence-corrected chi connectivity index (χ3v) is 3.06. The van der Waals surface area contributed by atoms with Gasteiger partial charge in [0.2, 0.25) is 0 Å². The lowest BCUT2D eigenvalue weighted by Gasteiger charge is -2.19. The highest BCUT2D eigenvalue weighted by molar-refractivity contribution is 6.01. The average molecular weight is 224 g/mol. The van der Waals surface area contributed by atoms with Gasteiger partial charge in [-0.3, -0.25) is 4.79 Å². The standard InChI is InChI=1S/C12H16O4/c1-7(2)4-5-12-9(13)6-8(15-3)10(14)11(12)16-12/h4,6,10-11,14H,5H2,1-3H3. The Morgan fingerprint density at radius 2 is 2.38 bits per heavy atom. The lowest BCUT2D eigenvalue weighted by molar-refractivity contribution is -0.120. The largest absolute Gasteiger partial charge is 0.498 e. The molecule has 3 unspecified atom stereocenters. The molecule has 0 radical (unpaired) electrons. The van der Waals surface area contributed by atoms with Crippen LogP contribution >= 0.6 is 0 Å². The van der Waals surface area contributed by atoms with Crippen LogP contribution in [0.3, 0.4) is 0 Å². The van der Waals surface area contributed by atoms with E-state index in [4.69, 9.17) is 9.47 Å². The molecule has 1 N–H and O–H groups in total. The summed E-state index contributed by atoms with van der Waals surface area (Å²) < 4.78 is 10.3. The van der Waals surface area contributed by atoms with Gasteiger partial charge < -0.3 is 14.6 Å². The van der Waals surface area contributed by atoms with Gasteiger partial charge in [0.05, 0.1) is 7.11 Å². The van der Waals surface area contributed by atoms with Crippen molar-refractivity contribution in [2.24, 2.45) is 0 Å². The molecule has 0 spiro atoms. The molecule has 0 saturated carbocycles. The van der Waals surface area contributed by atoms with E-state index in [1.54, 1.807) is 0 Å². The molecule has 3 atom stereocenters. The summed E-state index contributed by atoms with van der Waals surface area (Å²) in [5.41, 5.74) is 0.297. The number of carbonyl (C=O) groups excluding carboxylic acids is 1. The Balaban J connectivity index is 2.20. The number of allylic oxidation sites excluding steroid dienone is 1. The van der Waals surface area contributed by atoms with Crippen LogP contribution in [-0.2, 0) is 14.3 Å². The monoisotopic (exact) mass is 224 g/mol. The van der Waals surface area contributed by atoms with E-state index in [1.807, 2.05) is 19.9 Å². The third kappa shape index (κ3) is 1.58. The Morgan fingerprint density at radius 3 is 2.94 bits per heavy atom. The molecular weight excluding hydrogens is 208 g/mol. The van der Waals surface area contributed by atoms with Gasteiger partial charge in [0.1, 0.15) is 18.0 Å². The van der Waals surface area contributed by atoms with E-state index in [1.165, 1.54) is 13.2 Å². The molecule has 0 aromatic carbocycles. The molecule has 4 heteroatoms. The molecule has 1 fully saturated rings. The molecule has 0 aromatic rings. The van der Waals surface area contributed by atoms with Crippen LogP contribution in [0.4, 0.5) is 0 Å². The van der Waals surface area contributed by atoms with Crippen LogP contribution in [0.25, 0.3) is 0 Å². The second kappa shape index (κ2) is 3.71. The fourth-order valence-electron chi connectivity index (χ4n) is 2.00. The van der Waals surface area contributed by atoms with E-state index in [0.29, 0.717) is 12.2 Å². The maximum atomic E-state index is 11.9. The van der Waals surface area contributed by atoms with Crippen molar-refractivity contribution in [2.45, 2.75) is 38.1 Å². The number of hydrogen-bond acceptors (Lipinski definition) is 4. The van der Waals surface area contributed by atoms with Gasteiger partial charge >= 0.3 is 0 Å². The van der Waals surface area contributed by atoms with Gasteiger partial charge in [-0.05, 0) is 13.8 Å². The zero-order valence-electron chi connectivity index (χ0n) is 9.69. The zero-order valence-corrected chi connectivity index (χ0v) is 9.69. The molecule has 1 aliphatic carbocycles. The number of epoxide rings is 1.